The van der Waals surface area contributed by atoms with Crippen LogP contribution < -0.4 is 10.6 Å². The van der Waals surface area contributed by atoms with Crippen molar-refractivity contribution in [2.24, 2.45) is 11.8 Å². The Kier molecular flexibility index (Phi) is 3.12. The van der Waals surface area contributed by atoms with Gasteiger partial charge in [-0.05, 0) is 13.3 Å². The zero-order valence-corrected chi connectivity index (χ0v) is 9.23. The SMILES string of the molecule is CCOC(=O)NC1CC=CC2CNC(=O)C21. The van der Waals surface area contributed by atoms with Crippen LogP contribution in [0.4, 0.5) is 4.79 Å². The Morgan fingerprint density at radius 2 is 2.50 bits per heavy atom. The van der Waals surface area contributed by atoms with E-state index < -0.39 is 6.09 Å². The third-order valence-corrected chi connectivity index (χ3v) is 3.06. The summed E-state index contributed by atoms with van der Waals surface area (Å²) < 4.78 is 4.82. The fourth-order valence-electron chi connectivity index (χ4n) is 2.35. The van der Waals surface area contributed by atoms with E-state index in [1.807, 2.05) is 12.2 Å². The van der Waals surface area contributed by atoms with Crippen LogP contribution in [-0.4, -0.2) is 31.2 Å². The molecule has 0 aromatic rings. The molecular weight excluding hydrogens is 208 g/mol. The minimum absolute atomic E-state index is 0.0242. The smallest absolute Gasteiger partial charge is 0.407 e. The molecule has 0 aromatic heterocycles. The van der Waals surface area contributed by atoms with Crippen molar-refractivity contribution in [1.82, 2.24) is 10.6 Å². The third kappa shape index (κ3) is 2.03. The number of carbonyl (C=O) groups is 2. The maximum absolute atomic E-state index is 11.6. The first-order valence-corrected chi connectivity index (χ1v) is 5.60. The van der Waals surface area contributed by atoms with Crippen LogP contribution >= 0.6 is 0 Å². The highest BCUT2D eigenvalue weighted by Gasteiger charge is 2.41. The van der Waals surface area contributed by atoms with Crippen LogP contribution in [0.5, 0.6) is 0 Å². The zero-order valence-electron chi connectivity index (χ0n) is 9.23. The molecule has 1 aliphatic carbocycles. The molecule has 1 heterocycles. The van der Waals surface area contributed by atoms with Gasteiger partial charge in [-0.3, -0.25) is 4.79 Å². The molecule has 2 aliphatic rings. The number of rotatable bonds is 2. The molecule has 2 rings (SSSR count). The maximum Gasteiger partial charge on any atom is 0.407 e. The summed E-state index contributed by atoms with van der Waals surface area (Å²) in [6, 6.07) is -0.142. The second kappa shape index (κ2) is 4.55. The number of amides is 2. The Morgan fingerprint density at radius 1 is 1.69 bits per heavy atom. The summed E-state index contributed by atoms with van der Waals surface area (Å²) in [5, 5.41) is 5.56. The molecular formula is C11H16N2O3. The van der Waals surface area contributed by atoms with E-state index in [9.17, 15) is 9.59 Å². The van der Waals surface area contributed by atoms with Crippen molar-refractivity contribution in [3.63, 3.8) is 0 Å². The van der Waals surface area contributed by atoms with Crippen LogP contribution in [-0.2, 0) is 9.53 Å². The van der Waals surface area contributed by atoms with Crippen molar-refractivity contribution in [2.75, 3.05) is 13.2 Å². The molecule has 0 aromatic carbocycles. The van der Waals surface area contributed by atoms with E-state index in [1.165, 1.54) is 0 Å². The van der Waals surface area contributed by atoms with Gasteiger partial charge in [-0.15, -0.1) is 0 Å². The molecule has 0 saturated carbocycles. The summed E-state index contributed by atoms with van der Waals surface area (Å²) in [5.74, 6) is 0.0822. The van der Waals surface area contributed by atoms with E-state index in [4.69, 9.17) is 4.74 Å². The number of alkyl carbamates (subject to hydrolysis) is 1. The molecule has 1 fully saturated rings. The van der Waals surface area contributed by atoms with Gasteiger partial charge in [-0.2, -0.15) is 0 Å². The lowest BCUT2D eigenvalue weighted by Gasteiger charge is -2.27. The van der Waals surface area contributed by atoms with Gasteiger partial charge < -0.3 is 15.4 Å². The summed E-state index contributed by atoms with van der Waals surface area (Å²) in [6.07, 6.45) is 4.30. The van der Waals surface area contributed by atoms with E-state index in [0.29, 0.717) is 19.6 Å². The van der Waals surface area contributed by atoms with Gasteiger partial charge in [-0.1, -0.05) is 12.2 Å². The molecule has 5 heteroatoms. The largest absolute Gasteiger partial charge is 0.450 e. The Bertz CT molecular complexity index is 327. The minimum atomic E-state index is -0.443. The lowest BCUT2D eigenvalue weighted by Crippen LogP contribution is -2.45. The average Bonchev–Trinajstić information content (AvgIpc) is 2.62. The quantitative estimate of drug-likeness (QED) is 0.668. The Labute approximate surface area is 94.2 Å². The highest BCUT2D eigenvalue weighted by atomic mass is 16.5. The number of nitrogens with one attached hydrogen (secondary N) is 2. The molecule has 88 valence electrons. The van der Waals surface area contributed by atoms with E-state index in [2.05, 4.69) is 10.6 Å². The van der Waals surface area contributed by atoms with E-state index in [0.717, 1.165) is 0 Å². The Hall–Kier alpha value is -1.52. The standard InChI is InChI=1S/C11H16N2O3/c1-2-16-11(15)13-8-5-3-4-7-6-12-10(14)9(7)8/h3-4,7-9H,2,5-6H2,1H3,(H,12,14)(H,13,15). The van der Waals surface area contributed by atoms with Gasteiger partial charge in [-0.25, -0.2) is 4.79 Å². The molecule has 5 nitrogen and oxygen atoms in total. The van der Waals surface area contributed by atoms with Gasteiger partial charge in [0.15, 0.2) is 0 Å². The van der Waals surface area contributed by atoms with E-state index in [-0.39, 0.29) is 23.8 Å². The first-order valence-electron chi connectivity index (χ1n) is 5.60. The van der Waals surface area contributed by atoms with E-state index in [1.54, 1.807) is 6.92 Å². The second-order valence-electron chi connectivity index (χ2n) is 4.07. The van der Waals surface area contributed by atoms with Crippen molar-refractivity contribution < 1.29 is 14.3 Å². The molecule has 2 N–H and O–H groups in total. The molecule has 0 spiro atoms. The minimum Gasteiger partial charge on any atom is -0.450 e. The monoisotopic (exact) mass is 224 g/mol. The number of hydrogen-bond acceptors (Lipinski definition) is 3. The van der Waals surface area contributed by atoms with Crippen LogP contribution in [0.3, 0.4) is 0 Å². The first kappa shape index (κ1) is 11.0. The van der Waals surface area contributed by atoms with Crippen molar-refractivity contribution in [1.29, 1.82) is 0 Å². The predicted octanol–water partition coefficient (Wildman–Crippen LogP) is 0.423. The molecule has 1 saturated heterocycles. The normalized spacial score (nSPS) is 31.8. The summed E-state index contributed by atoms with van der Waals surface area (Å²) >= 11 is 0. The average molecular weight is 224 g/mol. The predicted molar refractivity (Wildman–Crippen MR) is 57.7 cm³/mol. The molecule has 2 amide bonds. The number of hydrogen-bond donors (Lipinski definition) is 2. The molecule has 0 radical (unpaired) electrons. The number of carbonyl (C=O) groups excluding carboxylic acids is 2. The van der Waals surface area contributed by atoms with Gasteiger partial charge in [0.1, 0.15) is 0 Å². The van der Waals surface area contributed by atoms with Crippen molar-refractivity contribution >= 4 is 12.0 Å². The fraction of sp³-hybridized carbons (Fsp3) is 0.636. The van der Waals surface area contributed by atoms with Gasteiger partial charge >= 0.3 is 6.09 Å². The number of ether oxygens (including phenoxy) is 1. The van der Waals surface area contributed by atoms with Gasteiger partial charge in [0.05, 0.1) is 12.5 Å². The van der Waals surface area contributed by atoms with E-state index >= 15 is 0 Å². The molecule has 3 unspecified atom stereocenters. The molecule has 3 atom stereocenters. The lowest BCUT2D eigenvalue weighted by atomic mass is 9.82. The summed E-state index contributed by atoms with van der Waals surface area (Å²) in [6.45, 7) is 2.77. The van der Waals surface area contributed by atoms with Crippen molar-refractivity contribution in [3.05, 3.63) is 12.2 Å². The van der Waals surface area contributed by atoms with Crippen LogP contribution in [0.2, 0.25) is 0 Å². The third-order valence-electron chi connectivity index (χ3n) is 3.06. The molecule has 16 heavy (non-hydrogen) atoms. The second-order valence-corrected chi connectivity index (χ2v) is 4.07. The lowest BCUT2D eigenvalue weighted by molar-refractivity contribution is -0.123. The van der Waals surface area contributed by atoms with Gasteiger partial charge in [0.25, 0.3) is 0 Å². The number of fused-ring (bicyclic) bond motifs is 1. The fourth-order valence-corrected chi connectivity index (χ4v) is 2.35. The summed E-state index contributed by atoms with van der Waals surface area (Å²) in [5.41, 5.74) is 0. The van der Waals surface area contributed by atoms with Crippen LogP contribution in [0, 0.1) is 11.8 Å². The van der Waals surface area contributed by atoms with Crippen LogP contribution in [0.1, 0.15) is 13.3 Å². The highest BCUT2D eigenvalue weighted by Crippen LogP contribution is 2.28. The van der Waals surface area contributed by atoms with Crippen molar-refractivity contribution in [3.8, 4) is 0 Å². The zero-order chi connectivity index (χ0) is 11.5. The van der Waals surface area contributed by atoms with Crippen molar-refractivity contribution in [2.45, 2.75) is 19.4 Å². The van der Waals surface area contributed by atoms with Gasteiger partial charge in [0, 0.05) is 18.5 Å². The van der Waals surface area contributed by atoms with Gasteiger partial charge in [0.2, 0.25) is 5.91 Å². The molecule has 1 aliphatic heterocycles. The highest BCUT2D eigenvalue weighted by molar-refractivity contribution is 5.83. The van der Waals surface area contributed by atoms with Crippen LogP contribution in [0.25, 0.3) is 0 Å². The topological polar surface area (TPSA) is 67.4 Å². The first-order chi connectivity index (χ1) is 7.72. The molecule has 0 bridgehead atoms. The summed E-state index contributed by atoms with van der Waals surface area (Å²) in [7, 11) is 0. The summed E-state index contributed by atoms with van der Waals surface area (Å²) in [4.78, 5) is 22.9. The Balaban J connectivity index is 2.01. The Morgan fingerprint density at radius 3 is 3.25 bits per heavy atom. The van der Waals surface area contributed by atoms with Crippen LogP contribution in [0.15, 0.2) is 12.2 Å². The maximum atomic E-state index is 11.6.